The molecule has 0 radical (unpaired) electrons. The zero-order chi connectivity index (χ0) is 15.3. The summed E-state index contributed by atoms with van der Waals surface area (Å²) in [5.74, 6) is -0.365. The summed E-state index contributed by atoms with van der Waals surface area (Å²) < 4.78 is 5.53. The zero-order valence-corrected chi connectivity index (χ0v) is 13.3. The molecule has 0 saturated heterocycles. The number of fused-ring (bicyclic) bond motifs is 2. The second-order valence-electron chi connectivity index (χ2n) is 7.43. The molecule has 1 fully saturated rings. The smallest absolute Gasteiger partial charge is 0.309 e. The summed E-state index contributed by atoms with van der Waals surface area (Å²) in [5, 5.41) is 9.79. The Labute approximate surface area is 127 Å². The molecule has 0 heterocycles. The van der Waals surface area contributed by atoms with Crippen LogP contribution in [0.4, 0.5) is 0 Å². The molecule has 1 N–H and O–H groups in total. The molecular weight excluding hydrogens is 264 g/mol. The van der Waals surface area contributed by atoms with Crippen LogP contribution in [0, 0.1) is 16.7 Å². The molecule has 0 bridgehead atoms. The fraction of sp³-hybridized carbons (Fsp3) is 0.722. The van der Waals surface area contributed by atoms with E-state index < -0.39 is 11.4 Å². The summed E-state index contributed by atoms with van der Waals surface area (Å²) in [7, 11) is 1.76. The monoisotopic (exact) mass is 290 g/mol. The van der Waals surface area contributed by atoms with Gasteiger partial charge >= 0.3 is 5.97 Å². The Morgan fingerprint density at radius 3 is 2.81 bits per heavy atom. The Morgan fingerprint density at radius 2 is 2.14 bits per heavy atom. The van der Waals surface area contributed by atoms with E-state index in [0.717, 1.165) is 38.5 Å². The van der Waals surface area contributed by atoms with Crippen LogP contribution < -0.4 is 0 Å². The van der Waals surface area contributed by atoms with Crippen molar-refractivity contribution >= 4 is 5.97 Å². The van der Waals surface area contributed by atoms with E-state index >= 15 is 0 Å². The molecule has 2 unspecified atom stereocenters. The van der Waals surface area contributed by atoms with Gasteiger partial charge in [0.1, 0.15) is 0 Å². The molecule has 3 heteroatoms. The van der Waals surface area contributed by atoms with Crippen LogP contribution in [0.15, 0.2) is 23.3 Å². The number of aliphatic carboxylic acids is 1. The van der Waals surface area contributed by atoms with Gasteiger partial charge in [0.15, 0.2) is 0 Å². The van der Waals surface area contributed by atoms with Gasteiger partial charge in [-0.2, -0.15) is 0 Å². The van der Waals surface area contributed by atoms with Gasteiger partial charge < -0.3 is 9.84 Å². The van der Waals surface area contributed by atoms with Crippen LogP contribution in [0.3, 0.4) is 0 Å². The summed E-state index contributed by atoms with van der Waals surface area (Å²) in [5.41, 5.74) is 2.37. The van der Waals surface area contributed by atoms with Crippen LogP contribution in [0.1, 0.15) is 52.4 Å². The normalized spacial score (nSPS) is 42.4. The standard InChI is InChI=1S/C18H26O3/c1-17-9-4-10-18(2,16(19)20)15(17)8-6-12-5-7-13(21-3)11-14(12)17/h5,7,13,15H,4,6,8-11H2,1-3H3,(H,19,20)/t13?,15-,17?,18+/m1/s1. The molecule has 0 aliphatic heterocycles. The Kier molecular flexibility index (Phi) is 3.52. The Morgan fingerprint density at radius 1 is 1.38 bits per heavy atom. The van der Waals surface area contributed by atoms with Crippen LogP contribution >= 0.6 is 0 Å². The predicted octanol–water partition coefficient (Wildman–Crippen LogP) is 3.95. The van der Waals surface area contributed by atoms with E-state index in [1.165, 1.54) is 11.1 Å². The lowest BCUT2D eigenvalue weighted by molar-refractivity contribution is -0.159. The van der Waals surface area contributed by atoms with E-state index in [-0.39, 0.29) is 17.4 Å². The number of ether oxygens (including phenoxy) is 1. The number of hydrogen-bond acceptors (Lipinski definition) is 2. The topological polar surface area (TPSA) is 46.5 Å². The van der Waals surface area contributed by atoms with Crippen molar-refractivity contribution in [3.05, 3.63) is 23.3 Å². The van der Waals surface area contributed by atoms with Crippen molar-refractivity contribution in [1.29, 1.82) is 0 Å². The fourth-order valence-electron chi connectivity index (χ4n) is 5.15. The highest BCUT2D eigenvalue weighted by Gasteiger charge is 2.55. The van der Waals surface area contributed by atoms with Crippen LogP contribution in [-0.4, -0.2) is 24.3 Å². The van der Waals surface area contributed by atoms with E-state index in [2.05, 4.69) is 19.1 Å². The lowest BCUT2D eigenvalue weighted by Gasteiger charge is -2.55. The maximum atomic E-state index is 11.9. The minimum atomic E-state index is -0.614. The first-order valence-electron chi connectivity index (χ1n) is 8.09. The van der Waals surface area contributed by atoms with Gasteiger partial charge in [-0.3, -0.25) is 4.79 Å². The van der Waals surface area contributed by atoms with Crippen molar-refractivity contribution in [3.63, 3.8) is 0 Å². The first-order chi connectivity index (χ1) is 9.91. The van der Waals surface area contributed by atoms with Gasteiger partial charge in [0.05, 0.1) is 11.5 Å². The molecule has 0 spiro atoms. The Hall–Kier alpha value is -1.09. The molecule has 0 amide bonds. The number of allylic oxidation sites excluding steroid dienone is 2. The molecule has 4 atom stereocenters. The Balaban J connectivity index is 2.02. The molecule has 0 aromatic rings. The number of hydrogen-bond donors (Lipinski definition) is 1. The number of methoxy groups -OCH3 is 1. The van der Waals surface area contributed by atoms with Gasteiger partial charge in [-0.1, -0.05) is 31.1 Å². The molecule has 3 aliphatic rings. The summed E-state index contributed by atoms with van der Waals surface area (Å²) in [6.45, 7) is 4.27. The molecule has 3 nitrogen and oxygen atoms in total. The third-order valence-electron chi connectivity index (χ3n) is 6.42. The summed E-state index contributed by atoms with van der Waals surface area (Å²) in [6, 6.07) is 0. The predicted molar refractivity (Wildman–Crippen MR) is 82.0 cm³/mol. The van der Waals surface area contributed by atoms with Gasteiger partial charge in [-0.05, 0) is 55.9 Å². The van der Waals surface area contributed by atoms with Crippen LogP contribution in [0.25, 0.3) is 0 Å². The highest BCUT2D eigenvalue weighted by Crippen LogP contribution is 2.61. The van der Waals surface area contributed by atoms with Crippen molar-refractivity contribution in [2.24, 2.45) is 16.7 Å². The lowest BCUT2D eigenvalue weighted by Crippen LogP contribution is -2.51. The minimum absolute atomic E-state index is 0.0283. The number of carboxylic acids is 1. The highest BCUT2D eigenvalue weighted by molar-refractivity contribution is 5.75. The largest absolute Gasteiger partial charge is 0.481 e. The van der Waals surface area contributed by atoms with Crippen LogP contribution in [-0.2, 0) is 9.53 Å². The van der Waals surface area contributed by atoms with Gasteiger partial charge in [0, 0.05) is 7.11 Å². The average Bonchev–Trinajstić information content (AvgIpc) is 2.46. The van der Waals surface area contributed by atoms with E-state index in [1.807, 2.05) is 6.92 Å². The third kappa shape index (κ3) is 2.09. The van der Waals surface area contributed by atoms with Crippen molar-refractivity contribution in [2.75, 3.05) is 7.11 Å². The third-order valence-corrected chi connectivity index (χ3v) is 6.42. The molecule has 1 saturated carbocycles. The first kappa shape index (κ1) is 14.8. The van der Waals surface area contributed by atoms with E-state index in [9.17, 15) is 9.90 Å². The van der Waals surface area contributed by atoms with Crippen LogP contribution in [0.2, 0.25) is 0 Å². The van der Waals surface area contributed by atoms with Gasteiger partial charge in [0.25, 0.3) is 0 Å². The SMILES string of the molecule is COC1C=CC2=C(C1)C1(C)CCC[C@](C)(C(=O)O)[C@@H]1CC2. The van der Waals surface area contributed by atoms with Crippen molar-refractivity contribution in [1.82, 2.24) is 0 Å². The molecule has 0 aromatic heterocycles. The van der Waals surface area contributed by atoms with E-state index in [1.54, 1.807) is 7.11 Å². The van der Waals surface area contributed by atoms with E-state index in [4.69, 9.17) is 4.74 Å². The zero-order valence-electron chi connectivity index (χ0n) is 13.3. The summed E-state index contributed by atoms with van der Waals surface area (Å²) in [4.78, 5) is 11.9. The second-order valence-corrected chi connectivity index (χ2v) is 7.43. The number of carbonyl (C=O) groups is 1. The van der Waals surface area contributed by atoms with Crippen molar-refractivity contribution in [2.45, 2.75) is 58.5 Å². The highest BCUT2D eigenvalue weighted by atomic mass is 16.5. The summed E-state index contributed by atoms with van der Waals surface area (Å²) in [6.07, 6.45) is 10.4. The van der Waals surface area contributed by atoms with Gasteiger partial charge in [-0.15, -0.1) is 0 Å². The Bertz CT molecular complexity index is 519. The molecule has 21 heavy (non-hydrogen) atoms. The number of rotatable bonds is 2. The fourth-order valence-corrected chi connectivity index (χ4v) is 5.15. The molecule has 3 rings (SSSR count). The van der Waals surface area contributed by atoms with Crippen LogP contribution in [0.5, 0.6) is 0 Å². The minimum Gasteiger partial charge on any atom is -0.481 e. The first-order valence-corrected chi connectivity index (χ1v) is 8.09. The van der Waals surface area contributed by atoms with E-state index in [0.29, 0.717) is 0 Å². The van der Waals surface area contributed by atoms with Gasteiger partial charge in [-0.25, -0.2) is 0 Å². The number of carboxylic acid groups (broad SMARTS) is 1. The maximum absolute atomic E-state index is 11.9. The van der Waals surface area contributed by atoms with Gasteiger partial charge in [0.2, 0.25) is 0 Å². The van der Waals surface area contributed by atoms with Crippen molar-refractivity contribution in [3.8, 4) is 0 Å². The molecule has 0 aromatic carbocycles. The average molecular weight is 290 g/mol. The second kappa shape index (κ2) is 4.98. The lowest BCUT2D eigenvalue weighted by atomic mass is 9.49. The van der Waals surface area contributed by atoms with Crippen molar-refractivity contribution < 1.29 is 14.6 Å². The maximum Gasteiger partial charge on any atom is 0.309 e. The molecular formula is C18H26O3. The molecule has 116 valence electrons. The molecule has 3 aliphatic carbocycles. The summed E-state index contributed by atoms with van der Waals surface area (Å²) >= 11 is 0. The quantitative estimate of drug-likeness (QED) is 0.837.